The van der Waals surface area contributed by atoms with Crippen LogP contribution in [0, 0.1) is 0 Å². The van der Waals surface area contributed by atoms with Gasteiger partial charge in [0.05, 0.1) is 31.1 Å². The van der Waals surface area contributed by atoms with Crippen LogP contribution in [0.4, 0.5) is 18.9 Å². The number of ether oxygens (including phenoxy) is 3. The molecular formula is C26H25F3N4O4. The highest BCUT2D eigenvalue weighted by Gasteiger charge is 2.30. The van der Waals surface area contributed by atoms with Crippen molar-refractivity contribution >= 4 is 22.6 Å². The number of nitrogens with one attached hydrogen (secondary N) is 1. The highest BCUT2D eigenvalue weighted by molar-refractivity contribution is 6.05. The van der Waals surface area contributed by atoms with E-state index in [1.165, 1.54) is 12.1 Å². The number of halogens is 3. The molecule has 3 aromatic carbocycles. The smallest absolute Gasteiger partial charge is 0.416 e. The van der Waals surface area contributed by atoms with Crippen LogP contribution in [0.5, 0.6) is 17.2 Å². The normalized spacial score (nSPS) is 11.4. The molecule has 194 valence electrons. The van der Waals surface area contributed by atoms with Crippen LogP contribution in [-0.2, 0) is 6.18 Å². The first-order chi connectivity index (χ1) is 17.7. The number of fused-ring (bicyclic) bond motifs is 1. The number of hydrogen-bond acceptors (Lipinski definition) is 6. The molecule has 1 aromatic heterocycles. The molecule has 0 radical (unpaired) electrons. The summed E-state index contributed by atoms with van der Waals surface area (Å²) in [6, 6.07) is 12.7. The number of benzene rings is 3. The van der Waals surface area contributed by atoms with E-state index in [9.17, 15) is 18.0 Å². The topological polar surface area (TPSA) is 87.5 Å². The summed E-state index contributed by atoms with van der Waals surface area (Å²) in [5, 5.41) is 11.3. The minimum atomic E-state index is -4.48. The maximum atomic E-state index is 13.1. The second-order valence-corrected chi connectivity index (χ2v) is 7.80. The van der Waals surface area contributed by atoms with Gasteiger partial charge in [0, 0.05) is 11.3 Å². The van der Waals surface area contributed by atoms with Crippen molar-refractivity contribution in [1.29, 1.82) is 0 Å². The fourth-order valence-corrected chi connectivity index (χ4v) is 3.64. The van der Waals surface area contributed by atoms with Crippen molar-refractivity contribution in [2.75, 3.05) is 25.1 Å². The predicted molar refractivity (Wildman–Crippen MR) is 132 cm³/mol. The molecule has 0 aliphatic rings. The molecule has 1 heterocycles. The Balaban J connectivity index is 1.61. The highest BCUT2D eigenvalue weighted by atomic mass is 19.4. The van der Waals surface area contributed by atoms with E-state index in [4.69, 9.17) is 14.2 Å². The molecule has 37 heavy (non-hydrogen) atoms. The van der Waals surface area contributed by atoms with Crippen LogP contribution in [0.15, 0.2) is 54.6 Å². The van der Waals surface area contributed by atoms with Gasteiger partial charge in [-0.1, -0.05) is 6.07 Å². The van der Waals surface area contributed by atoms with Crippen LogP contribution in [0.1, 0.15) is 36.7 Å². The third-order valence-electron chi connectivity index (χ3n) is 5.21. The van der Waals surface area contributed by atoms with Gasteiger partial charge in [0.15, 0.2) is 11.5 Å². The lowest BCUT2D eigenvalue weighted by Gasteiger charge is -2.17. The molecule has 0 fully saturated rings. The second-order valence-electron chi connectivity index (χ2n) is 7.80. The summed E-state index contributed by atoms with van der Waals surface area (Å²) in [5.74, 6) is 0.782. The standard InChI is InChI=1S/C26H25F3N4O4/c1-4-35-22-12-16(13-23(36-5-2)24(22)37-6-3)25(34)30-18-10-11-20-21(15-18)32-33(31-20)19-9-7-8-17(14-19)26(27,28)29/h7-15H,4-6H2,1-3H3,(H,30,34). The lowest BCUT2D eigenvalue weighted by Crippen LogP contribution is -2.13. The molecular weight excluding hydrogens is 489 g/mol. The zero-order valence-electron chi connectivity index (χ0n) is 20.4. The number of alkyl halides is 3. The second kappa shape index (κ2) is 10.8. The largest absolute Gasteiger partial charge is 0.490 e. The highest BCUT2D eigenvalue weighted by Crippen LogP contribution is 2.39. The number of hydrogen-bond donors (Lipinski definition) is 1. The Bertz CT molecular complexity index is 1390. The monoisotopic (exact) mass is 514 g/mol. The third-order valence-corrected chi connectivity index (χ3v) is 5.21. The average Bonchev–Trinajstić information content (AvgIpc) is 3.29. The van der Waals surface area contributed by atoms with Gasteiger partial charge in [0.25, 0.3) is 5.91 Å². The van der Waals surface area contributed by atoms with Crippen LogP contribution < -0.4 is 19.5 Å². The average molecular weight is 515 g/mol. The summed E-state index contributed by atoms with van der Waals surface area (Å²) < 4.78 is 56.3. The number of carbonyl (C=O) groups excluding carboxylic acids is 1. The van der Waals surface area contributed by atoms with Gasteiger partial charge >= 0.3 is 6.18 Å². The van der Waals surface area contributed by atoms with Gasteiger partial charge in [0.1, 0.15) is 11.0 Å². The Kier molecular flexibility index (Phi) is 7.51. The number of nitrogens with zero attached hydrogens (tertiary/aromatic N) is 3. The summed E-state index contributed by atoms with van der Waals surface area (Å²) >= 11 is 0. The quantitative estimate of drug-likeness (QED) is 0.300. The minimum absolute atomic E-state index is 0.165. The van der Waals surface area contributed by atoms with Crippen molar-refractivity contribution in [3.8, 4) is 22.9 Å². The molecule has 0 aliphatic heterocycles. The van der Waals surface area contributed by atoms with Crippen LogP contribution >= 0.6 is 0 Å². The number of amides is 1. The first-order valence-electron chi connectivity index (χ1n) is 11.7. The van der Waals surface area contributed by atoms with Gasteiger partial charge in [-0.25, -0.2) is 0 Å². The maximum Gasteiger partial charge on any atom is 0.416 e. The van der Waals surface area contributed by atoms with E-state index in [-0.39, 0.29) is 5.69 Å². The van der Waals surface area contributed by atoms with Crippen LogP contribution in [0.25, 0.3) is 16.7 Å². The SMILES string of the molecule is CCOc1cc(C(=O)Nc2ccc3nn(-c4cccc(C(F)(F)F)c4)nc3c2)cc(OCC)c1OCC. The van der Waals surface area contributed by atoms with E-state index < -0.39 is 17.6 Å². The van der Waals surface area contributed by atoms with Crippen molar-refractivity contribution in [1.82, 2.24) is 15.0 Å². The van der Waals surface area contributed by atoms with Gasteiger partial charge < -0.3 is 19.5 Å². The fraction of sp³-hybridized carbons (Fsp3) is 0.269. The molecule has 0 saturated heterocycles. The van der Waals surface area contributed by atoms with E-state index in [1.807, 2.05) is 20.8 Å². The zero-order valence-corrected chi connectivity index (χ0v) is 20.4. The van der Waals surface area contributed by atoms with Crippen molar-refractivity contribution in [3.63, 3.8) is 0 Å². The van der Waals surface area contributed by atoms with E-state index in [2.05, 4.69) is 15.5 Å². The van der Waals surface area contributed by atoms with Crippen LogP contribution in [-0.4, -0.2) is 40.7 Å². The molecule has 0 bridgehead atoms. The summed E-state index contributed by atoms with van der Waals surface area (Å²) in [5.41, 5.74) is 0.938. The molecule has 0 saturated carbocycles. The summed E-state index contributed by atoms with van der Waals surface area (Å²) in [6.45, 7) is 6.62. The van der Waals surface area contributed by atoms with Crippen molar-refractivity contribution < 1.29 is 32.2 Å². The Morgan fingerprint density at radius 3 is 2.14 bits per heavy atom. The fourth-order valence-electron chi connectivity index (χ4n) is 3.64. The Morgan fingerprint density at radius 1 is 0.865 bits per heavy atom. The lowest BCUT2D eigenvalue weighted by molar-refractivity contribution is -0.137. The van der Waals surface area contributed by atoms with Crippen LogP contribution in [0.2, 0.25) is 0 Å². The van der Waals surface area contributed by atoms with Crippen molar-refractivity contribution in [2.45, 2.75) is 26.9 Å². The van der Waals surface area contributed by atoms with E-state index in [1.54, 1.807) is 30.3 Å². The molecule has 4 rings (SSSR count). The predicted octanol–water partition coefficient (Wildman–Crippen LogP) is 5.89. The Hall–Kier alpha value is -4.28. The molecule has 8 nitrogen and oxygen atoms in total. The number of anilines is 1. The molecule has 11 heteroatoms. The molecule has 0 unspecified atom stereocenters. The number of carbonyl (C=O) groups is 1. The minimum Gasteiger partial charge on any atom is -0.490 e. The van der Waals surface area contributed by atoms with Crippen molar-refractivity contribution in [2.24, 2.45) is 0 Å². The van der Waals surface area contributed by atoms with Gasteiger partial charge in [-0.2, -0.15) is 18.0 Å². The van der Waals surface area contributed by atoms with Crippen molar-refractivity contribution in [3.05, 3.63) is 65.7 Å². The summed E-state index contributed by atoms with van der Waals surface area (Å²) in [6.07, 6.45) is -4.48. The Labute approximate surface area is 210 Å². The molecule has 0 atom stereocenters. The summed E-state index contributed by atoms with van der Waals surface area (Å²) in [7, 11) is 0. The van der Waals surface area contributed by atoms with Gasteiger partial charge in [-0.3, -0.25) is 4.79 Å². The molecule has 1 amide bonds. The van der Waals surface area contributed by atoms with Gasteiger partial charge in [0.2, 0.25) is 5.75 Å². The Morgan fingerprint density at radius 2 is 1.51 bits per heavy atom. The maximum absolute atomic E-state index is 13.1. The first kappa shape index (κ1) is 25.8. The van der Waals surface area contributed by atoms with Gasteiger partial charge in [-0.05, 0) is 69.3 Å². The molecule has 0 spiro atoms. The number of rotatable bonds is 9. The van der Waals surface area contributed by atoms with E-state index in [0.29, 0.717) is 59.4 Å². The van der Waals surface area contributed by atoms with E-state index >= 15 is 0 Å². The van der Waals surface area contributed by atoms with Crippen LogP contribution in [0.3, 0.4) is 0 Å². The number of aromatic nitrogens is 3. The van der Waals surface area contributed by atoms with Gasteiger partial charge in [-0.15, -0.1) is 10.2 Å². The first-order valence-corrected chi connectivity index (χ1v) is 11.7. The molecule has 0 aliphatic carbocycles. The molecule has 4 aromatic rings. The molecule has 1 N–H and O–H groups in total. The zero-order chi connectivity index (χ0) is 26.6. The third kappa shape index (κ3) is 5.76. The lowest BCUT2D eigenvalue weighted by atomic mass is 10.1. The summed E-state index contributed by atoms with van der Waals surface area (Å²) in [4.78, 5) is 14.2. The van der Waals surface area contributed by atoms with E-state index in [0.717, 1.165) is 16.9 Å².